The van der Waals surface area contributed by atoms with Crippen molar-refractivity contribution in [3.8, 4) is 17.2 Å². The molecule has 0 saturated carbocycles. The maximum Gasteiger partial charge on any atom is 0.304 e. The van der Waals surface area contributed by atoms with Gasteiger partial charge in [0.1, 0.15) is 17.2 Å². The van der Waals surface area contributed by atoms with Crippen molar-refractivity contribution in [1.82, 2.24) is 0 Å². The Morgan fingerprint density at radius 1 is 1.16 bits per heavy atom. The SMILES string of the molecule is O=C(O)C[C@@H]1COc2cc(OCCCOc3cccc(Cl)c3)ccc21. The third kappa shape index (κ3) is 4.79. The van der Waals surface area contributed by atoms with E-state index in [0.29, 0.717) is 36.3 Å². The highest BCUT2D eigenvalue weighted by Crippen LogP contribution is 2.38. The molecule has 2 aromatic rings. The Morgan fingerprint density at radius 2 is 1.92 bits per heavy atom. The van der Waals surface area contributed by atoms with E-state index in [4.69, 9.17) is 30.9 Å². The summed E-state index contributed by atoms with van der Waals surface area (Å²) < 4.78 is 16.9. The van der Waals surface area contributed by atoms with E-state index < -0.39 is 5.97 Å². The van der Waals surface area contributed by atoms with E-state index in [0.717, 1.165) is 17.7 Å². The molecule has 0 amide bonds. The molecule has 0 unspecified atom stereocenters. The van der Waals surface area contributed by atoms with Crippen molar-refractivity contribution >= 4 is 17.6 Å². The van der Waals surface area contributed by atoms with Crippen molar-refractivity contribution in [2.24, 2.45) is 0 Å². The second-order valence-electron chi connectivity index (χ2n) is 5.81. The van der Waals surface area contributed by atoms with Crippen LogP contribution in [0, 0.1) is 0 Å². The summed E-state index contributed by atoms with van der Waals surface area (Å²) in [7, 11) is 0. The molecule has 2 aromatic carbocycles. The zero-order valence-electron chi connectivity index (χ0n) is 13.6. The maximum absolute atomic E-state index is 10.9. The molecule has 0 aliphatic carbocycles. The van der Waals surface area contributed by atoms with Crippen LogP contribution in [0.1, 0.15) is 24.3 Å². The molecule has 0 saturated heterocycles. The number of ether oxygens (including phenoxy) is 3. The first-order valence-corrected chi connectivity index (χ1v) is 8.49. The summed E-state index contributed by atoms with van der Waals surface area (Å²) in [5, 5.41) is 9.57. The Labute approximate surface area is 151 Å². The van der Waals surface area contributed by atoms with Crippen LogP contribution in [0.4, 0.5) is 0 Å². The Morgan fingerprint density at radius 3 is 2.64 bits per heavy atom. The van der Waals surface area contributed by atoms with Crippen molar-refractivity contribution in [2.45, 2.75) is 18.8 Å². The van der Waals surface area contributed by atoms with Gasteiger partial charge in [0, 0.05) is 29.0 Å². The molecule has 1 aliphatic heterocycles. The summed E-state index contributed by atoms with van der Waals surface area (Å²) in [6, 6.07) is 12.8. The van der Waals surface area contributed by atoms with E-state index in [1.165, 1.54) is 0 Å². The molecule has 25 heavy (non-hydrogen) atoms. The Kier molecular flexibility index (Phi) is 5.66. The van der Waals surface area contributed by atoms with E-state index >= 15 is 0 Å². The van der Waals surface area contributed by atoms with Crippen molar-refractivity contribution in [1.29, 1.82) is 0 Å². The average molecular weight is 363 g/mol. The molecule has 1 atom stereocenters. The Bertz CT molecular complexity index is 746. The van der Waals surface area contributed by atoms with Crippen LogP contribution in [-0.4, -0.2) is 30.9 Å². The first-order valence-electron chi connectivity index (χ1n) is 8.11. The van der Waals surface area contributed by atoms with Gasteiger partial charge in [-0.1, -0.05) is 23.7 Å². The molecule has 0 fully saturated rings. The lowest BCUT2D eigenvalue weighted by Gasteiger charge is -2.10. The fourth-order valence-corrected chi connectivity index (χ4v) is 2.90. The molecule has 1 N–H and O–H groups in total. The summed E-state index contributed by atoms with van der Waals surface area (Å²) in [6.45, 7) is 1.44. The molecule has 6 heteroatoms. The minimum Gasteiger partial charge on any atom is -0.493 e. The number of halogens is 1. The minimum absolute atomic E-state index is 0.0774. The lowest BCUT2D eigenvalue weighted by Crippen LogP contribution is -2.07. The fourth-order valence-electron chi connectivity index (χ4n) is 2.72. The number of carboxylic acids is 1. The third-order valence-corrected chi connectivity index (χ3v) is 4.14. The zero-order chi connectivity index (χ0) is 17.6. The van der Waals surface area contributed by atoms with E-state index in [1.54, 1.807) is 12.1 Å². The number of rotatable bonds is 8. The molecule has 0 spiro atoms. The van der Waals surface area contributed by atoms with Crippen molar-refractivity contribution in [2.75, 3.05) is 19.8 Å². The summed E-state index contributed by atoms with van der Waals surface area (Å²) in [6.07, 6.45) is 0.806. The van der Waals surface area contributed by atoms with Crippen LogP contribution >= 0.6 is 11.6 Å². The summed E-state index contributed by atoms with van der Waals surface area (Å²) in [4.78, 5) is 10.9. The van der Waals surface area contributed by atoms with Crippen LogP contribution in [0.2, 0.25) is 5.02 Å². The first-order chi connectivity index (χ1) is 12.1. The van der Waals surface area contributed by atoms with Crippen LogP contribution in [-0.2, 0) is 4.79 Å². The van der Waals surface area contributed by atoms with Gasteiger partial charge < -0.3 is 19.3 Å². The molecule has 5 nitrogen and oxygen atoms in total. The molecular weight excluding hydrogens is 344 g/mol. The standard InChI is InChI=1S/C19H19ClO5/c20-14-3-1-4-15(10-14)23-7-2-8-24-16-5-6-17-13(9-19(21)22)12-25-18(17)11-16/h1,3-6,10-11,13H,2,7-9,12H2,(H,21,22)/t13-/m1/s1. The number of carboxylic acid groups (broad SMARTS) is 1. The lowest BCUT2D eigenvalue weighted by molar-refractivity contribution is -0.137. The van der Waals surface area contributed by atoms with Gasteiger partial charge in [0.15, 0.2) is 0 Å². The average Bonchev–Trinajstić information content (AvgIpc) is 2.96. The quantitative estimate of drug-likeness (QED) is 0.715. The van der Waals surface area contributed by atoms with E-state index in [1.807, 2.05) is 30.3 Å². The number of hydrogen-bond donors (Lipinski definition) is 1. The Hall–Kier alpha value is -2.40. The highest BCUT2D eigenvalue weighted by Gasteiger charge is 2.26. The van der Waals surface area contributed by atoms with E-state index in [-0.39, 0.29) is 12.3 Å². The topological polar surface area (TPSA) is 65.0 Å². The highest BCUT2D eigenvalue weighted by molar-refractivity contribution is 6.30. The van der Waals surface area contributed by atoms with Crippen LogP contribution < -0.4 is 14.2 Å². The van der Waals surface area contributed by atoms with Gasteiger partial charge in [-0.15, -0.1) is 0 Å². The van der Waals surface area contributed by atoms with Crippen LogP contribution in [0.3, 0.4) is 0 Å². The highest BCUT2D eigenvalue weighted by atomic mass is 35.5. The number of carbonyl (C=O) groups is 1. The van der Waals surface area contributed by atoms with Gasteiger partial charge in [-0.3, -0.25) is 4.79 Å². The van der Waals surface area contributed by atoms with Crippen molar-refractivity contribution < 1.29 is 24.1 Å². The molecule has 0 radical (unpaired) electrons. The predicted octanol–water partition coefficient (Wildman–Crippen LogP) is 4.14. The second-order valence-corrected chi connectivity index (χ2v) is 6.25. The fraction of sp³-hybridized carbons (Fsp3) is 0.316. The van der Waals surface area contributed by atoms with Gasteiger partial charge >= 0.3 is 5.97 Å². The molecule has 0 bridgehead atoms. The smallest absolute Gasteiger partial charge is 0.304 e. The summed E-state index contributed by atoms with van der Waals surface area (Å²) in [5.41, 5.74) is 0.930. The van der Waals surface area contributed by atoms with Gasteiger partial charge in [-0.05, 0) is 24.3 Å². The monoisotopic (exact) mass is 362 g/mol. The van der Waals surface area contributed by atoms with Gasteiger partial charge in [-0.2, -0.15) is 0 Å². The number of aliphatic carboxylic acids is 1. The summed E-state index contributed by atoms with van der Waals surface area (Å²) in [5.74, 6) is 1.24. The minimum atomic E-state index is -0.818. The molecule has 132 valence electrons. The largest absolute Gasteiger partial charge is 0.493 e. The Balaban J connectivity index is 1.44. The van der Waals surface area contributed by atoms with Crippen LogP contribution in [0.15, 0.2) is 42.5 Å². The molecule has 1 heterocycles. The molecular formula is C19H19ClO5. The zero-order valence-corrected chi connectivity index (χ0v) is 14.4. The predicted molar refractivity (Wildman–Crippen MR) is 94.0 cm³/mol. The molecule has 3 rings (SSSR count). The van der Waals surface area contributed by atoms with Crippen LogP contribution in [0.25, 0.3) is 0 Å². The first kappa shape index (κ1) is 17.4. The summed E-state index contributed by atoms with van der Waals surface area (Å²) >= 11 is 5.90. The third-order valence-electron chi connectivity index (χ3n) is 3.91. The molecule has 0 aromatic heterocycles. The maximum atomic E-state index is 10.9. The number of benzene rings is 2. The number of fused-ring (bicyclic) bond motifs is 1. The van der Waals surface area contributed by atoms with E-state index in [9.17, 15) is 4.79 Å². The van der Waals surface area contributed by atoms with E-state index in [2.05, 4.69) is 0 Å². The van der Waals surface area contributed by atoms with Crippen molar-refractivity contribution in [3.63, 3.8) is 0 Å². The molecule has 1 aliphatic rings. The van der Waals surface area contributed by atoms with Crippen molar-refractivity contribution in [3.05, 3.63) is 53.1 Å². The van der Waals surface area contributed by atoms with Gasteiger partial charge in [0.2, 0.25) is 0 Å². The van der Waals surface area contributed by atoms with Crippen LogP contribution in [0.5, 0.6) is 17.2 Å². The second kappa shape index (κ2) is 8.12. The van der Waals surface area contributed by atoms with Gasteiger partial charge in [-0.25, -0.2) is 0 Å². The lowest BCUT2D eigenvalue weighted by atomic mass is 9.98. The van der Waals surface area contributed by atoms with Gasteiger partial charge in [0.05, 0.1) is 26.2 Å². The van der Waals surface area contributed by atoms with Gasteiger partial charge in [0.25, 0.3) is 0 Å². The normalized spacial score (nSPS) is 15.3. The number of hydrogen-bond acceptors (Lipinski definition) is 4.